The number of hydrogen-bond acceptors (Lipinski definition) is 4. The number of carbonyl (C=O) groups is 1. The lowest BCUT2D eigenvalue weighted by atomic mass is 9.88. The van der Waals surface area contributed by atoms with Crippen LogP contribution in [-0.2, 0) is 4.79 Å². The van der Waals surface area contributed by atoms with Crippen molar-refractivity contribution in [2.24, 2.45) is 0 Å². The predicted octanol–water partition coefficient (Wildman–Crippen LogP) is 4.82. The number of aliphatic carboxylic acids is 1. The molecule has 36 heavy (non-hydrogen) atoms. The molecule has 5 rings (SSSR count). The van der Waals surface area contributed by atoms with Gasteiger partial charge in [-0.2, -0.15) is 0 Å². The van der Waals surface area contributed by atoms with Gasteiger partial charge in [0.05, 0.1) is 11.8 Å². The molecule has 4 aromatic rings. The predicted molar refractivity (Wildman–Crippen MR) is 133 cm³/mol. The molecule has 0 bridgehead atoms. The molecule has 1 atom stereocenters. The summed E-state index contributed by atoms with van der Waals surface area (Å²) in [4.78, 5) is 31.8. The van der Waals surface area contributed by atoms with E-state index in [1.807, 2.05) is 24.3 Å². The van der Waals surface area contributed by atoms with E-state index in [2.05, 4.69) is 16.9 Å². The molecule has 1 saturated heterocycles. The molecule has 1 fully saturated rings. The van der Waals surface area contributed by atoms with Crippen LogP contribution in [0.4, 0.5) is 8.78 Å². The van der Waals surface area contributed by atoms with Crippen LogP contribution in [0.3, 0.4) is 0 Å². The fourth-order valence-corrected chi connectivity index (χ4v) is 4.97. The van der Waals surface area contributed by atoms with Gasteiger partial charge in [-0.25, -0.2) is 18.6 Å². The van der Waals surface area contributed by atoms with Crippen LogP contribution in [0.1, 0.15) is 35.9 Å². The molecule has 3 aromatic carbocycles. The summed E-state index contributed by atoms with van der Waals surface area (Å²) in [5.41, 5.74) is 1.36. The van der Waals surface area contributed by atoms with Gasteiger partial charge < -0.3 is 10.0 Å². The first kappa shape index (κ1) is 23.8. The third-order valence-electron chi connectivity index (χ3n) is 6.98. The van der Waals surface area contributed by atoms with E-state index < -0.39 is 29.2 Å². The molecule has 0 radical (unpaired) electrons. The van der Waals surface area contributed by atoms with Crippen LogP contribution >= 0.6 is 0 Å². The van der Waals surface area contributed by atoms with E-state index in [4.69, 9.17) is 0 Å². The fraction of sp³-hybridized carbons (Fsp3) is 0.250. The zero-order valence-electron chi connectivity index (χ0n) is 19.7. The zero-order valence-corrected chi connectivity index (χ0v) is 19.7. The number of rotatable bonds is 5. The summed E-state index contributed by atoms with van der Waals surface area (Å²) in [5, 5.41) is 9.50. The number of fused-ring (bicyclic) bond motifs is 1. The molecular weight excluding hydrogens is 464 g/mol. The van der Waals surface area contributed by atoms with Crippen molar-refractivity contribution in [2.45, 2.75) is 24.8 Å². The number of hydrogen-bond donors (Lipinski definition) is 1. The van der Waals surface area contributed by atoms with Gasteiger partial charge in [0.1, 0.15) is 17.0 Å². The van der Waals surface area contributed by atoms with E-state index in [0.29, 0.717) is 11.5 Å². The summed E-state index contributed by atoms with van der Waals surface area (Å²) in [7, 11) is 2.11. The molecule has 1 aliphatic heterocycles. The minimum Gasteiger partial charge on any atom is -0.479 e. The molecule has 1 aliphatic rings. The molecule has 0 spiro atoms. The lowest BCUT2D eigenvalue weighted by molar-refractivity contribution is -0.139. The Bertz CT molecular complexity index is 1490. The summed E-state index contributed by atoms with van der Waals surface area (Å²) in [5.74, 6) is -2.33. The van der Waals surface area contributed by atoms with Crippen molar-refractivity contribution in [3.8, 4) is 11.1 Å². The van der Waals surface area contributed by atoms with Crippen LogP contribution in [0, 0.1) is 11.6 Å². The third-order valence-corrected chi connectivity index (χ3v) is 6.98. The first-order valence-corrected chi connectivity index (χ1v) is 11.8. The summed E-state index contributed by atoms with van der Waals surface area (Å²) in [6, 6.07) is 14.2. The average molecular weight is 490 g/mol. The Morgan fingerprint density at radius 1 is 1.06 bits per heavy atom. The van der Waals surface area contributed by atoms with Gasteiger partial charge in [-0.1, -0.05) is 36.4 Å². The average Bonchev–Trinajstić information content (AvgIpc) is 2.86. The largest absolute Gasteiger partial charge is 0.479 e. The molecule has 1 aromatic heterocycles. The molecule has 1 N–H and O–H groups in total. The Kier molecular flexibility index (Phi) is 6.36. The Morgan fingerprint density at radius 2 is 1.78 bits per heavy atom. The number of benzene rings is 3. The van der Waals surface area contributed by atoms with Crippen molar-refractivity contribution >= 4 is 16.9 Å². The molecule has 8 heteroatoms. The topological polar surface area (TPSA) is 75.4 Å². The SMILES string of the molecule is CN1CCC(c2ccc(-c3ccc4ncn(C(C(=O)O)c5cccc(F)c5)c(=O)c4c3F)cc2)CC1. The molecule has 0 aliphatic carbocycles. The Hall–Kier alpha value is -3.91. The van der Waals surface area contributed by atoms with Crippen LogP contribution in [0.15, 0.2) is 71.8 Å². The first-order valence-electron chi connectivity index (χ1n) is 11.8. The van der Waals surface area contributed by atoms with Gasteiger partial charge in [-0.3, -0.25) is 9.36 Å². The standard InChI is InChI=1S/C28H25F2N3O3/c1-32-13-11-18(12-14-32)17-5-7-19(8-6-17)22-9-10-23-24(25(22)30)27(34)33(16-31-23)26(28(35)36)20-3-2-4-21(29)15-20/h2-10,15-16,18,26H,11-14H2,1H3,(H,35,36). The molecule has 0 amide bonds. The number of likely N-dealkylation sites (tertiary alicyclic amines) is 1. The number of carboxylic acids is 1. The van der Waals surface area contributed by atoms with Crippen molar-refractivity contribution in [1.29, 1.82) is 0 Å². The van der Waals surface area contributed by atoms with Crippen molar-refractivity contribution in [1.82, 2.24) is 14.5 Å². The van der Waals surface area contributed by atoms with E-state index in [0.717, 1.165) is 42.9 Å². The smallest absolute Gasteiger partial charge is 0.331 e. The highest BCUT2D eigenvalue weighted by Crippen LogP contribution is 2.32. The summed E-state index contributed by atoms with van der Waals surface area (Å²) in [6.07, 6.45) is 3.20. The third kappa shape index (κ3) is 4.40. The quantitative estimate of drug-likeness (QED) is 0.435. The number of carboxylic acid groups (broad SMARTS) is 1. The van der Waals surface area contributed by atoms with Gasteiger partial charge in [0.15, 0.2) is 6.04 Å². The maximum absolute atomic E-state index is 15.8. The molecular formula is C28H25F2N3O3. The van der Waals surface area contributed by atoms with Gasteiger partial charge in [0.25, 0.3) is 5.56 Å². The van der Waals surface area contributed by atoms with Gasteiger partial charge >= 0.3 is 5.97 Å². The van der Waals surface area contributed by atoms with Gasteiger partial charge in [-0.05, 0) is 79.9 Å². The van der Waals surface area contributed by atoms with Crippen molar-refractivity contribution < 1.29 is 18.7 Å². The summed E-state index contributed by atoms with van der Waals surface area (Å²) in [6.45, 7) is 2.08. The normalized spacial score (nSPS) is 15.8. The van der Waals surface area contributed by atoms with Crippen molar-refractivity contribution in [3.05, 3.63) is 100 Å². The Balaban J connectivity index is 1.56. The van der Waals surface area contributed by atoms with E-state index in [9.17, 15) is 19.1 Å². The zero-order chi connectivity index (χ0) is 25.4. The van der Waals surface area contributed by atoms with Crippen LogP contribution in [0.5, 0.6) is 0 Å². The van der Waals surface area contributed by atoms with E-state index in [-0.39, 0.29) is 22.0 Å². The number of halogens is 2. The number of nitrogens with zero attached hydrogens (tertiary/aromatic N) is 3. The van der Waals surface area contributed by atoms with Gasteiger partial charge in [0, 0.05) is 5.56 Å². The lowest BCUT2D eigenvalue weighted by Gasteiger charge is -2.29. The highest BCUT2D eigenvalue weighted by Gasteiger charge is 2.26. The maximum atomic E-state index is 15.8. The van der Waals surface area contributed by atoms with E-state index >= 15 is 4.39 Å². The Morgan fingerprint density at radius 3 is 2.44 bits per heavy atom. The minimum atomic E-state index is -1.55. The van der Waals surface area contributed by atoms with Gasteiger partial charge in [-0.15, -0.1) is 0 Å². The van der Waals surface area contributed by atoms with Crippen molar-refractivity contribution in [3.63, 3.8) is 0 Å². The first-order chi connectivity index (χ1) is 17.3. The van der Waals surface area contributed by atoms with Crippen LogP contribution in [0.25, 0.3) is 22.0 Å². The van der Waals surface area contributed by atoms with E-state index in [1.165, 1.54) is 23.8 Å². The molecule has 1 unspecified atom stereocenters. The molecule has 2 heterocycles. The number of aromatic nitrogens is 2. The monoisotopic (exact) mass is 489 g/mol. The molecule has 6 nitrogen and oxygen atoms in total. The van der Waals surface area contributed by atoms with Crippen LogP contribution in [-0.4, -0.2) is 45.7 Å². The summed E-state index contributed by atoms with van der Waals surface area (Å²) < 4.78 is 30.4. The van der Waals surface area contributed by atoms with E-state index in [1.54, 1.807) is 12.1 Å². The second-order valence-corrected chi connectivity index (χ2v) is 9.27. The second kappa shape index (κ2) is 9.62. The highest BCUT2D eigenvalue weighted by atomic mass is 19.1. The van der Waals surface area contributed by atoms with Gasteiger partial charge in [0.2, 0.25) is 0 Å². The van der Waals surface area contributed by atoms with Crippen molar-refractivity contribution in [2.75, 3.05) is 20.1 Å². The highest BCUT2D eigenvalue weighted by molar-refractivity contribution is 5.85. The maximum Gasteiger partial charge on any atom is 0.331 e. The lowest BCUT2D eigenvalue weighted by Crippen LogP contribution is -2.31. The number of piperidine rings is 1. The molecule has 0 saturated carbocycles. The second-order valence-electron chi connectivity index (χ2n) is 9.27. The molecule has 184 valence electrons. The summed E-state index contributed by atoms with van der Waals surface area (Å²) >= 11 is 0. The minimum absolute atomic E-state index is 0.0480. The van der Waals surface area contributed by atoms with Crippen LogP contribution in [0.2, 0.25) is 0 Å². The Labute approximate surface area is 206 Å². The van der Waals surface area contributed by atoms with Crippen LogP contribution < -0.4 is 5.56 Å². The fourth-order valence-electron chi connectivity index (χ4n) is 4.97.